The normalized spacial score (nSPS) is 18.6. The minimum atomic E-state index is 0.0836. The Kier molecular flexibility index (Phi) is 3.70. The van der Waals surface area contributed by atoms with Gasteiger partial charge in [0.05, 0.1) is 5.02 Å². The Hall–Kier alpha value is -0.0500. The second kappa shape index (κ2) is 4.86. The molecule has 1 saturated carbocycles. The summed E-state index contributed by atoms with van der Waals surface area (Å²) in [4.78, 5) is 0. The zero-order chi connectivity index (χ0) is 10.8. The molecule has 1 aromatic rings. The van der Waals surface area contributed by atoms with Crippen molar-refractivity contribution in [2.75, 3.05) is 0 Å². The van der Waals surface area contributed by atoms with Crippen LogP contribution < -0.4 is 5.73 Å². The van der Waals surface area contributed by atoms with Crippen LogP contribution in [-0.2, 0) is 0 Å². The van der Waals surface area contributed by atoms with Crippen molar-refractivity contribution in [2.45, 2.75) is 31.7 Å². The van der Waals surface area contributed by atoms with Gasteiger partial charge in [0.2, 0.25) is 0 Å². The van der Waals surface area contributed by atoms with E-state index in [0.29, 0.717) is 0 Å². The van der Waals surface area contributed by atoms with Crippen molar-refractivity contribution in [3.8, 4) is 0 Å². The number of hydrogen-bond acceptors (Lipinski definition) is 1. The first-order valence-corrected chi connectivity index (χ1v) is 6.55. The fourth-order valence-corrected chi connectivity index (χ4v) is 2.67. The van der Waals surface area contributed by atoms with Gasteiger partial charge in [-0.05, 0) is 39.9 Å². The molecule has 0 heterocycles. The molecular formula is C12H15BrClN. The second-order valence-corrected chi connectivity index (χ2v) is 5.51. The van der Waals surface area contributed by atoms with Crippen molar-refractivity contribution in [2.24, 2.45) is 11.7 Å². The third-order valence-corrected chi connectivity index (χ3v) is 4.50. The van der Waals surface area contributed by atoms with Gasteiger partial charge in [0, 0.05) is 10.5 Å². The van der Waals surface area contributed by atoms with Crippen LogP contribution in [0.5, 0.6) is 0 Å². The van der Waals surface area contributed by atoms with Crippen LogP contribution in [0.15, 0.2) is 22.7 Å². The largest absolute Gasteiger partial charge is 0.324 e. The minimum Gasteiger partial charge on any atom is -0.324 e. The minimum absolute atomic E-state index is 0.0836. The zero-order valence-electron chi connectivity index (χ0n) is 8.55. The maximum absolute atomic E-state index is 6.21. The number of rotatable bonds is 3. The molecule has 2 N–H and O–H groups in total. The topological polar surface area (TPSA) is 26.0 Å². The molecule has 0 spiro atoms. The predicted molar refractivity (Wildman–Crippen MR) is 68.0 cm³/mol. The first kappa shape index (κ1) is 11.4. The highest BCUT2D eigenvalue weighted by Crippen LogP contribution is 2.37. The Bertz CT molecular complexity index is 349. The van der Waals surface area contributed by atoms with Gasteiger partial charge in [0.1, 0.15) is 0 Å². The molecule has 0 bridgehead atoms. The Labute approximate surface area is 104 Å². The molecule has 1 fully saturated rings. The van der Waals surface area contributed by atoms with Crippen molar-refractivity contribution < 1.29 is 0 Å². The molecule has 3 heteroatoms. The van der Waals surface area contributed by atoms with Gasteiger partial charge in [-0.3, -0.25) is 0 Å². The Morgan fingerprint density at radius 2 is 2.20 bits per heavy atom. The number of nitrogens with two attached hydrogens (primary N) is 1. The monoisotopic (exact) mass is 287 g/mol. The maximum Gasteiger partial charge on any atom is 0.0595 e. The van der Waals surface area contributed by atoms with Gasteiger partial charge in [0.15, 0.2) is 0 Å². The summed E-state index contributed by atoms with van der Waals surface area (Å²) in [6, 6.07) is 6.05. The van der Waals surface area contributed by atoms with E-state index in [1.807, 2.05) is 18.2 Å². The molecule has 1 aliphatic rings. The fourth-order valence-electron chi connectivity index (χ4n) is 2.02. The van der Waals surface area contributed by atoms with E-state index in [-0.39, 0.29) is 6.04 Å². The van der Waals surface area contributed by atoms with Crippen LogP contribution in [0.3, 0.4) is 0 Å². The van der Waals surface area contributed by atoms with Crippen molar-refractivity contribution in [3.63, 3.8) is 0 Å². The molecule has 1 aliphatic carbocycles. The summed E-state index contributed by atoms with van der Waals surface area (Å²) in [6.45, 7) is 0. The highest BCUT2D eigenvalue weighted by molar-refractivity contribution is 9.10. The Balaban J connectivity index is 2.09. The second-order valence-electron chi connectivity index (χ2n) is 4.28. The lowest BCUT2D eigenvalue weighted by molar-refractivity contribution is 0.277. The summed E-state index contributed by atoms with van der Waals surface area (Å²) in [6.07, 6.45) is 5.10. The molecule has 1 atom stereocenters. The van der Waals surface area contributed by atoms with E-state index < -0.39 is 0 Å². The van der Waals surface area contributed by atoms with Crippen LogP contribution >= 0.6 is 27.5 Å². The maximum atomic E-state index is 6.21. The van der Waals surface area contributed by atoms with E-state index in [0.717, 1.165) is 27.4 Å². The van der Waals surface area contributed by atoms with Gasteiger partial charge in [-0.1, -0.05) is 43.0 Å². The first-order valence-electron chi connectivity index (χ1n) is 5.38. The van der Waals surface area contributed by atoms with Crippen molar-refractivity contribution in [1.29, 1.82) is 0 Å². The average molecular weight is 289 g/mol. The van der Waals surface area contributed by atoms with Crippen LogP contribution in [0.1, 0.15) is 37.3 Å². The molecule has 2 rings (SSSR count). The van der Waals surface area contributed by atoms with Gasteiger partial charge in [0.25, 0.3) is 0 Å². The van der Waals surface area contributed by atoms with E-state index >= 15 is 0 Å². The smallest absolute Gasteiger partial charge is 0.0595 e. The molecule has 0 aromatic heterocycles. The van der Waals surface area contributed by atoms with Crippen LogP contribution in [0.2, 0.25) is 5.02 Å². The highest BCUT2D eigenvalue weighted by Gasteiger charge is 2.22. The molecule has 82 valence electrons. The Morgan fingerprint density at radius 3 is 2.80 bits per heavy atom. The van der Waals surface area contributed by atoms with Crippen LogP contribution in [0.25, 0.3) is 0 Å². The van der Waals surface area contributed by atoms with E-state index in [9.17, 15) is 0 Å². The summed E-state index contributed by atoms with van der Waals surface area (Å²) in [7, 11) is 0. The molecule has 0 saturated heterocycles. The lowest BCUT2D eigenvalue weighted by Crippen LogP contribution is -2.20. The quantitative estimate of drug-likeness (QED) is 0.882. The fraction of sp³-hybridized carbons (Fsp3) is 0.500. The number of hydrogen-bond donors (Lipinski definition) is 1. The summed E-state index contributed by atoms with van der Waals surface area (Å²) in [5, 5.41) is 0.768. The summed E-state index contributed by atoms with van der Waals surface area (Å²) >= 11 is 9.63. The van der Waals surface area contributed by atoms with E-state index in [1.54, 1.807) is 0 Å². The van der Waals surface area contributed by atoms with Gasteiger partial charge in [-0.25, -0.2) is 0 Å². The molecule has 1 unspecified atom stereocenters. The molecule has 1 nitrogen and oxygen atoms in total. The van der Waals surface area contributed by atoms with Crippen LogP contribution in [0, 0.1) is 5.92 Å². The molecule has 0 amide bonds. The standard InChI is InChI=1S/C12H15BrClN/c13-10-6-2-5-9(12(10)14)11(15)7-8-3-1-4-8/h2,5-6,8,11H,1,3-4,7,15H2. The summed E-state index contributed by atoms with van der Waals surface area (Å²) in [5.41, 5.74) is 7.24. The molecule has 0 radical (unpaired) electrons. The highest BCUT2D eigenvalue weighted by atomic mass is 79.9. The third-order valence-electron chi connectivity index (χ3n) is 3.19. The Morgan fingerprint density at radius 1 is 1.47 bits per heavy atom. The number of benzene rings is 1. The van der Waals surface area contributed by atoms with Gasteiger partial charge in [-0.2, -0.15) is 0 Å². The molecular weight excluding hydrogens is 273 g/mol. The summed E-state index contributed by atoms with van der Waals surface area (Å²) < 4.78 is 0.936. The third kappa shape index (κ3) is 2.55. The zero-order valence-corrected chi connectivity index (χ0v) is 10.9. The summed E-state index contributed by atoms with van der Waals surface area (Å²) in [5.74, 6) is 0.815. The van der Waals surface area contributed by atoms with Gasteiger partial charge >= 0.3 is 0 Å². The van der Waals surface area contributed by atoms with E-state index in [4.69, 9.17) is 17.3 Å². The van der Waals surface area contributed by atoms with Crippen molar-refractivity contribution in [1.82, 2.24) is 0 Å². The van der Waals surface area contributed by atoms with Crippen LogP contribution in [0.4, 0.5) is 0 Å². The van der Waals surface area contributed by atoms with Crippen molar-refractivity contribution in [3.05, 3.63) is 33.3 Å². The lowest BCUT2D eigenvalue weighted by Gasteiger charge is -2.28. The van der Waals surface area contributed by atoms with Crippen molar-refractivity contribution >= 4 is 27.5 Å². The molecule has 15 heavy (non-hydrogen) atoms. The first-order chi connectivity index (χ1) is 7.18. The van der Waals surface area contributed by atoms with E-state index in [2.05, 4.69) is 15.9 Å². The molecule has 1 aromatic carbocycles. The lowest BCUT2D eigenvalue weighted by atomic mass is 9.80. The van der Waals surface area contributed by atoms with E-state index in [1.165, 1.54) is 19.3 Å². The SMILES string of the molecule is NC(CC1CCC1)c1cccc(Br)c1Cl. The van der Waals surface area contributed by atoms with Gasteiger partial charge in [-0.15, -0.1) is 0 Å². The average Bonchev–Trinajstić information content (AvgIpc) is 2.15. The predicted octanol–water partition coefficient (Wildman–Crippen LogP) is 4.29. The van der Waals surface area contributed by atoms with Crippen LogP contribution in [-0.4, -0.2) is 0 Å². The van der Waals surface area contributed by atoms with Gasteiger partial charge < -0.3 is 5.73 Å². The molecule has 0 aliphatic heterocycles. The number of halogens is 2.